The molecule has 1 heterocycles. The average Bonchev–Trinajstić information content (AvgIpc) is 3.10. The second-order valence-electron chi connectivity index (χ2n) is 6.15. The lowest BCUT2D eigenvalue weighted by Crippen LogP contribution is -2.27. The molecule has 0 unspecified atom stereocenters. The molecule has 144 valence electrons. The van der Waals surface area contributed by atoms with E-state index in [2.05, 4.69) is 10.1 Å². The molecule has 6 nitrogen and oxygen atoms in total. The lowest BCUT2D eigenvalue weighted by atomic mass is 10.2. The number of hydrogen-bond acceptors (Lipinski definition) is 4. The summed E-state index contributed by atoms with van der Waals surface area (Å²) in [4.78, 5) is 15.9. The molecule has 0 spiro atoms. The SMILES string of the molecule is CC(C)OC(=O)C=C[n+]1cnc(-c2cc(Cl)cc(Oc3ccc(Cl)cc3)c2)[nH]1. The van der Waals surface area contributed by atoms with Gasteiger partial charge in [-0.2, -0.15) is 5.10 Å². The summed E-state index contributed by atoms with van der Waals surface area (Å²) in [7, 11) is 0. The van der Waals surface area contributed by atoms with E-state index in [4.69, 9.17) is 32.7 Å². The van der Waals surface area contributed by atoms with Crippen molar-refractivity contribution < 1.29 is 19.0 Å². The van der Waals surface area contributed by atoms with E-state index in [9.17, 15) is 4.79 Å². The van der Waals surface area contributed by atoms with Crippen molar-refractivity contribution in [3.63, 3.8) is 0 Å². The van der Waals surface area contributed by atoms with Crippen LogP contribution in [0.15, 0.2) is 54.9 Å². The number of nitrogens with one attached hydrogen (secondary N) is 1. The Hall–Kier alpha value is -2.83. The third-order valence-corrected chi connectivity index (χ3v) is 3.93. The van der Waals surface area contributed by atoms with Crippen LogP contribution in [0.2, 0.25) is 10.0 Å². The summed E-state index contributed by atoms with van der Waals surface area (Å²) in [6.07, 6.45) is 4.20. The normalized spacial score (nSPS) is 11.2. The van der Waals surface area contributed by atoms with Crippen molar-refractivity contribution >= 4 is 35.4 Å². The van der Waals surface area contributed by atoms with Gasteiger partial charge in [-0.15, -0.1) is 4.68 Å². The maximum absolute atomic E-state index is 11.6. The highest BCUT2D eigenvalue weighted by Gasteiger charge is 2.13. The molecule has 8 heteroatoms. The predicted octanol–water partition coefficient (Wildman–Crippen LogP) is 4.89. The summed E-state index contributed by atoms with van der Waals surface area (Å²) >= 11 is 12.1. The second kappa shape index (κ2) is 8.91. The van der Waals surface area contributed by atoms with E-state index in [0.717, 1.165) is 5.56 Å². The first kappa shape index (κ1) is 19.9. The van der Waals surface area contributed by atoms with Crippen LogP contribution in [0.4, 0.5) is 0 Å². The summed E-state index contributed by atoms with van der Waals surface area (Å²) in [6, 6.07) is 12.3. The number of halogens is 2. The minimum absolute atomic E-state index is 0.176. The molecule has 0 saturated heterocycles. The van der Waals surface area contributed by atoms with Gasteiger partial charge >= 0.3 is 12.3 Å². The molecule has 0 bridgehead atoms. The molecule has 0 fully saturated rings. The van der Waals surface area contributed by atoms with Gasteiger partial charge in [-0.1, -0.05) is 23.2 Å². The van der Waals surface area contributed by atoms with Gasteiger partial charge in [-0.05, 0) is 61.3 Å². The number of carbonyl (C=O) groups is 1. The highest BCUT2D eigenvalue weighted by Crippen LogP contribution is 2.30. The van der Waals surface area contributed by atoms with Crippen LogP contribution in [0.3, 0.4) is 0 Å². The van der Waals surface area contributed by atoms with Crippen LogP contribution in [0.5, 0.6) is 11.5 Å². The number of H-pyrrole nitrogens is 1. The molecule has 1 N–H and O–H groups in total. The van der Waals surface area contributed by atoms with Gasteiger partial charge in [0.05, 0.1) is 17.7 Å². The number of aromatic nitrogens is 3. The molecule has 0 atom stereocenters. The Morgan fingerprint density at radius 2 is 1.86 bits per heavy atom. The zero-order valence-corrected chi connectivity index (χ0v) is 16.7. The first-order valence-electron chi connectivity index (χ1n) is 8.48. The Kier molecular flexibility index (Phi) is 6.34. The van der Waals surface area contributed by atoms with Gasteiger partial charge in [0, 0.05) is 10.0 Å². The largest absolute Gasteiger partial charge is 0.460 e. The minimum atomic E-state index is -0.431. The molecule has 28 heavy (non-hydrogen) atoms. The highest BCUT2D eigenvalue weighted by atomic mass is 35.5. The van der Waals surface area contributed by atoms with Crippen molar-refractivity contribution in [2.75, 3.05) is 0 Å². The van der Waals surface area contributed by atoms with Crippen LogP contribution in [0, 0.1) is 0 Å². The van der Waals surface area contributed by atoms with Crippen molar-refractivity contribution in [2.45, 2.75) is 20.0 Å². The second-order valence-corrected chi connectivity index (χ2v) is 7.02. The van der Waals surface area contributed by atoms with Gasteiger partial charge in [-0.3, -0.25) is 0 Å². The van der Waals surface area contributed by atoms with Crippen molar-refractivity contribution in [2.24, 2.45) is 0 Å². The quantitative estimate of drug-likeness (QED) is 0.351. The fourth-order valence-electron chi connectivity index (χ4n) is 2.32. The van der Waals surface area contributed by atoms with Gasteiger partial charge in [-0.25, -0.2) is 4.79 Å². The smallest absolute Gasteiger partial charge is 0.334 e. The topological polar surface area (TPSA) is 68.1 Å². The molecule has 0 radical (unpaired) electrons. The van der Waals surface area contributed by atoms with Gasteiger partial charge < -0.3 is 9.47 Å². The monoisotopic (exact) mass is 418 g/mol. The fraction of sp³-hybridized carbons (Fsp3) is 0.150. The van der Waals surface area contributed by atoms with Gasteiger partial charge in [0.25, 0.3) is 5.82 Å². The first-order valence-corrected chi connectivity index (χ1v) is 9.24. The molecule has 1 aromatic heterocycles. The molecule has 0 aliphatic rings. The molecule has 3 rings (SSSR count). The van der Waals surface area contributed by atoms with Crippen LogP contribution >= 0.6 is 23.2 Å². The molecule has 3 aromatic rings. The maximum Gasteiger partial charge on any atom is 0.334 e. The van der Waals surface area contributed by atoms with Gasteiger partial charge in [0.1, 0.15) is 17.7 Å². The molecule has 0 amide bonds. The third kappa shape index (κ3) is 5.58. The van der Waals surface area contributed by atoms with E-state index in [-0.39, 0.29) is 6.10 Å². The van der Waals surface area contributed by atoms with E-state index in [1.807, 2.05) is 0 Å². The molecule has 0 saturated carbocycles. The summed E-state index contributed by atoms with van der Waals surface area (Å²) < 4.78 is 12.4. The number of rotatable bonds is 6. The van der Waals surface area contributed by atoms with Crippen LogP contribution in [-0.4, -0.2) is 22.2 Å². The van der Waals surface area contributed by atoms with Crippen LogP contribution in [0.25, 0.3) is 17.6 Å². The summed E-state index contributed by atoms with van der Waals surface area (Å²) in [6.45, 7) is 3.58. The Morgan fingerprint density at radius 1 is 1.11 bits per heavy atom. The number of ether oxygens (including phenoxy) is 2. The Morgan fingerprint density at radius 3 is 2.57 bits per heavy atom. The standard InChI is InChI=1S/C20H17Cl2N3O3/c1-13(2)27-19(26)7-8-25-12-23-20(24-25)14-9-16(22)11-18(10-14)28-17-5-3-15(21)4-6-17/h3-13H,1-2H3/p+1. The number of aromatic amines is 1. The van der Waals surface area contributed by atoms with Crippen molar-refractivity contribution in [3.8, 4) is 22.9 Å². The number of carbonyl (C=O) groups excluding carboxylic acids is 1. The first-order chi connectivity index (χ1) is 13.4. The number of hydrogen-bond donors (Lipinski definition) is 1. The number of esters is 1. The van der Waals surface area contributed by atoms with E-state index in [1.165, 1.54) is 23.3 Å². The van der Waals surface area contributed by atoms with Crippen LogP contribution in [-0.2, 0) is 9.53 Å². The maximum atomic E-state index is 11.6. The van der Waals surface area contributed by atoms with E-state index in [0.29, 0.717) is 27.4 Å². The molecule has 0 aliphatic heterocycles. The summed E-state index contributed by atoms with van der Waals surface area (Å²) in [5.41, 5.74) is 0.730. The van der Waals surface area contributed by atoms with E-state index >= 15 is 0 Å². The van der Waals surface area contributed by atoms with Crippen molar-refractivity contribution in [3.05, 3.63) is 64.9 Å². The minimum Gasteiger partial charge on any atom is -0.460 e. The lowest BCUT2D eigenvalue weighted by molar-refractivity contribution is -0.630. The molecular formula is C20H18Cl2N3O3+. The van der Waals surface area contributed by atoms with Crippen molar-refractivity contribution in [1.82, 2.24) is 10.1 Å². The van der Waals surface area contributed by atoms with Crippen molar-refractivity contribution in [1.29, 1.82) is 0 Å². The Balaban J connectivity index is 1.77. The number of benzene rings is 2. The predicted molar refractivity (Wildman–Crippen MR) is 107 cm³/mol. The van der Waals surface area contributed by atoms with Gasteiger partial charge in [0.2, 0.25) is 0 Å². The number of nitrogens with zero attached hydrogens (tertiary/aromatic N) is 2. The van der Waals surface area contributed by atoms with E-state index in [1.54, 1.807) is 56.3 Å². The molecule has 0 aliphatic carbocycles. The lowest BCUT2D eigenvalue weighted by Gasteiger charge is -2.07. The molecular weight excluding hydrogens is 401 g/mol. The highest BCUT2D eigenvalue weighted by molar-refractivity contribution is 6.31. The van der Waals surface area contributed by atoms with E-state index < -0.39 is 5.97 Å². The summed E-state index contributed by atoms with van der Waals surface area (Å²) in [5, 5.41) is 4.17. The third-order valence-electron chi connectivity index (χ3n) is 3.46. The van der Waals surface area contributed by atoms with Crippen LogP contribution in [0.1, 0.15) is 13.8 Å². The zero-order chi connectivity index (χ0) is 20.1. The Labute approximate surface area is 172 Å². The molecule has 2 aromatic carbocycles. The summed E-state index contributed by atoms with van der Waals surface area (Å²) in [5.74, 6) is 1.33. The average molecular weight is 419 g/mol. The zero-order valence-electron chi connectivity index (χ0n) is 15.2. The van der Waals surface area contributed by atoms with Crippen LogP contribution < -0.4 is 9.42 Å². The Bertz CT molecular complexity index is 998. The fourth-order valence-corrected chi connectivity index (χ4v) is 2.68. The van der Waals surface area contributed by atoms with Gasteiger partial charge in [0.15, 0.2) is 0 Å².